The Hall–Kier alpha value is -2.93. The molecule has 0 bridgehead atoms. The average molecular weight is 427 g/mol. The van der Waals surface area contributed by atoms with Crippen LogP contribution < -0.4 is 24.8 Å². The van der Waals surface area contributed by atoms with Crippen molar-refractivity contribution in [1.82, 2.24) is 15.5 Å². The van der Waals surface area contributed by atoms with E-state index in [-0.39, 0.29) is 0 Å². The fraction of sp³-hybridized carbons (Fsp3) is 0.458. The molecule has 7 heteroatoms. The largest absolute Gasteiger partial charge is 0.497 e. The zero-order valence-corrected chi connectivity index (χ0v) is 19.2. The number of nitrogens with one attached hydrogen (secondary N) is 2. The van der Waals surface area contributed by atoms with Crippen molar-refractivity contribution in [2.75, 3.05) is 41.5 Å². The first-order valence-corrected chi connectivity index (χ1v) is 10.6. The minimum absolute atomic E-state index is 0.353. The summed E-state index contributed by atoms with van der Waals surface area (Å²) < 4.78 is 16.2. The van der Waals surface area contributed by atoms with Gasteiger partial charge in [0.05, 0.1) is 21.3 Å². The number of likely N-dealkylation sites (tertiary alicyclic amines) is 1. The first-order chi connectivity index (χ1) is 15.0. The van der Waals surface area contributed by atoms with Crippen molar-refractivity contribution in [3.8, 4) is 17.2 Å². The molecule has 0 aromatic heterocycles. The Morgan fingerprint density at radius 2 is 1.77 bits per heavy atom. The Morgan fingerprint density at radius 3 is 2.42 bits per heavy atom. The highest BCUT2D eigenvalue weighted by molar-refractivity contribution is 5.80. The summed E-state index contributed by atoms with van der Waals surface area (Å²) in [6, 6.07) is 12.6. The molecule has 1 saturated heterocycles. The number of hydrogen-bond acceptors (Lipinski definition) is 5. The van der Waals surface area contributed by atoms with E-state index in [9.17, 15) is 0 Å². The van der Waals surface area contributed by atoms with Gasteiger partial charge < -0.3 is 24.8 Å². The highest BCUT2D eigenvalue weighted by Crippen LogP contribution is 2.24. The molecule has 1 unspecified atom stereocenters. The van der Waals surface area contributed by atoms with Crippen molar-refractivity contribution in [2.24, 2.45) is 4.99 Å². The maximum absolute atomic E-state index is 5.42. The van der Waals surface area contributed by atoms with Crippen LogP contribution in [0.3, 0.4) is 0 Å². The molecule has 0 aliphatic carbocycles. The van der Waals surface area contributed by atoms with Gasteiger partial charge in [-0.15, -0.1) is 0 Å². The van der Waals surface area contributed by atoms with Gasteiger partial charge in [-0.3, -0.25) is 9.89 Å². The highest BCUT2D eigenvalue weighted by atomic mass is 16.5. The van der Waals surface area contributed by atoms with Gasteiger partial charge >= 0.3 is 0 Å². The van der Waals surface area contributed by atoms with Gasteiger partial charge in [0.1, 0.15) is 17.2 Å². The third kappa shape index (κ3) is 6.28. The standard InChI is InChI=1S/C24H34N4O3/c1-17-6-7-18(12-23(17)31-5)14-26-24(25-2)27-20-8-9-28(16-20)15-19-10-21(29-3)13-22(11-19)30-4/h6-7,10-13,20H,8-9,14-16H2,1-5H3,(H2,25,26,27). The van der Waals surface area contributed by atoms with Crippen molar-refractivity contribution in [2.45, 2.75) is 32.5 Å². The van der Waals surface area contributed by atoms with Crippen molar-refractivity contribution in [3.63, 3.8) is 0 Å². The molecule has 2 N–H and O–H groups in total. The quantitative estimate of drug-likeness (QED) is 0.500. The Balaban J connectivity index is 1.51. The van der Waals surface area contributed by atoms with Crippen LogP contribution in [-0.2, 0) is 13.1 Å². The minimum atomic E-state index is 0.353. The molecular weight excluding hydrogens is 392 g/mol. The van der Waals surface area contributed by atoms with Crippen molar-refractivity contribution >= 4 is 5.96 Å². The van der Waals surface area contributed by atoms with E-state index in [1.54, 1.807) is 28.4 Å². The summed E-state index contributed by atoms with van der Waals surface area (Å²) in [5.41, 5.74) is 3.48. The van der Waals surface area contributed by atoms with E-state index in [0.717, 1.165) is 60.4 Å². The van der Waals surface area contributed by atoms with Crippen LogP contribution in [0.5, 0.6) is 17.2 Å². The van der Waals surface area contributed by atoms with Crippen LogP contribution in [0.2, 0.25) is 0 Å². The second kappa shape index (κ2) is 10.9. The third-order valence-corrected chi connectivity index (χ3v) is 5.59. The predicted molar refractivity (Wildman–Crippen MR) is 124 cm³/mol. The fourth-order valence-corrected chi connectivity index (χ4v) is 3.86. The predicted octanol–water partition coefficient (Wildman–Crippen LogP) is 2.96. The van der Waals surface area contributed by atoms with E-state index in [4.69, 9.17) is 14.2 Å². The fourth-order valence-electron chi connectivity index (χ4n) is 3.86. The summed E-state index contributed by atoms with van der Waals surface area (Å²) in [5.74, 6) is 3.36. The zero-order valence-electron chi connectivity index (χ0n) is 19.2. The molecule has 1 aliphatic heterocycles. The number of benzene rings is 2. The van der Waals surface area contributed by atoms with Gasteiger partial charge in [0.2, 0.25) is 0 Å². The smallest absolute Gasteiger partial charge is 0.191 e. The molecule has 168 valence electrons. The normalized spacial score (nSPS) is 16.8. The molecule has 31 heavy (non-hydrogen) atoms. The molecular formula is C24H34N4O3. The maximum Gasteiger partial charge on any atom is 0.191 e. The van der Waals surface area contributed by atoms with Gasteiger partial charge in [0.15, 0.2) is 5.96 Å². The number of nitrogens with zero attached hydrogens (tertiary/aromatic N) is 2. The summed E-state index contributed by atoms with van der Waals surface area (Å²) in [7, 11) is 6.87. The minimum Gasteiger partial charge on any atom is -0.497 e. The number of aliphatic imine (C=N–C) groups is 1. The third-order valence-electron chi connectivity index (χ3n) is 5.59. The summed E-state index contributed by atoms with van der Waals surface area (Å²) in [5, 5.41) is 6.96. The highest BCUT2D eigenvalue weighted by Gasteiger charge is 2.23. The Kier molecular flexibility index (Phi) is 8.00. The molecule has 1 fully saturated rings. The van der Waals surface area contributed by atoms with Crippen LogP contribution in [0.15, 0.2) is 41.4 Å². The molecule has 7 nitrogen and oxygen atoms in total. The molecule has 0 radical (unpaired) electrons. The summed E-state index contributed by atoms with van der Waals surface area (Å²) >= 11 is 0. The molecule has 1 heterocycles. The molecule has 0 spiro atoms. The number of methoxy groups -OCH3 is 3. The molecule has 0 amide bonds. The average Bonchev–Trinajstić information content (AvgIpc) is 3.23. The summed E-state index contributed by atoms with van der Waals surface area (Å²) in [4.78, 5) is 6.83. The van der Waals surface area contributed by atoms with E-state index >= 15 is 0 Å². The monoisotopic (exact) mass is 426 g/mol. The van der Waals surface area contributed by atoms with Crippen molar-refractivity contribution in [1.29, 1.82) is 0 Å². The topological polar surface area (TPSA) is 67.4 Å². The molecule has 3 rings (SSSR count). The lowest BCUT2D eigenvalue weighted by Gasteiger charge is -2.19. The summed E-state index contributed by atoms with van der Waals surface area (Å²) in [6.45, 7) is 5.59. The SMILES string of the molecule is CN=C(NCc1ccc(C)c(OC)c1)NC1CCN(Cc2cc(OC)cc(OC)c2)C1. The second-order valence-corrected chi connectivity index (χ2v) is 7.82. The van der Waals surface area contributed by atoms with E-state index < -0.39 is 0 Å². The van der Waals surface area contributed by atoms with Gasteiger partial charge in [-0.25, -0.2) is 0 Å². The van der Waals surface area contributed by atoms with Crippen LogP contribution in [0.1, 0.15) is 23.1 Å². The zero-order chi connectivity index (χ0) is 22.2. The first kappa shape index (κ1) is 22.7. The van der Waals surface area contributed by atoms with Crippen LogP contribution in [0, 0.1) is 6.92 Å². The lowest BCUT2D eigenvalue weighted by molar-refractivity contribution is 0.321. The molecule has 1 aliphatic rings. The molecule has 2 aromatic rings. The van der Waals surface area contributed by atoms with Gasteiger partial charge in [0, 0.05) is 45.3 Å². The first-order valence-electron chi connectivity index (χ1n) is 10.6. The second-order valence-electron chi connectivity index (χ2n) is 7.82. The van der Waals surface area contributed by atoms with E-state index in [2.05, 4.69) is 50.9 Å². The van der Waals surface area contributed by atoms with Gasteiger partial charge in [-0.05, 0) is 48.2 Å². The van der Waals surface area contributed by atoms with E-state index in [0.29, 0.717) is 12.6 Å². The van der Waals surface area contributed by atoms with Crippen LogP contribution >= 0.6 is 0 Å². The van der Waals surface area contributed by atoms with Crippen molar-refractivity contribution < 1.29 is 14.2 Å². The number of rotatable bonds is 8. The van der Waals surface area contributed by atoms with Gasteiger partial charge in [-0.2, -0.15) is 0 Å². The van der Waals surface area contributed by atoms with E-state index in [1.807, 2.05) is 13.0 Å². The number of guanidine groups is 1. The van der Waals surface area contributed by atoms with Gasteiger partial charge in [0.25, 0.3) is 0 Å². The van der Waals surface area contributed by atoms with Crippen LogP contribution in [0.4, 0.5) is 0 Å². The van der Waals surface area contributed by atoms with E-state index in [1.165, 1.54) is 5.56 Å². The number of aryl methyl sites for hydroxylation is 1. The maximum atomic E-state index is 5.42. The molecule has 1 atom stereocenters. The molecule has 2 aromatic carbocycles. The number of hydrogen-bond donors (Lipinski definition) is 2. The lowest BCUT2D eigenvalue weighted by Crippen LogP contribution is -2.44. The van der Waals surface area contributed by atoms with Crippen LogP contribution in [0.25, 0.3) is 0 Å². The lowest BCUT2D eigenvalue weighted by atomic mass is 10.1. The summed E-state index contributed by atoms with van der Waals surface area (Å²) in [6.07, 6.45) is 1.07. The Bertz CT molecular complexity index is 878. The van der Waals surface area contributed by atoms with Crippen molar-refractivity contribution in [3.05, 3.63) is 53.1 Å². The van der Waals surface area contributed by atoms with Crippen LogP contribution in [-0.4, -0.2) is 58.4 Å². The molecule has 0 saturated carbocycles. The Morgan fingerprint density at radius 1 is 1.03 bits per heavy atom. The number of ether oxygens (including phenoxy) is 3. The van der Waals surface area contributed by atoms with Gasteiger partial charge in [-0.1, -0.05) is 12.1 Å². The Labute approximate surface area is 185 Å².